The first-order valence-electron chi connectivity index (χ1n) is 6.11. The van der Waals surface area contributed by atoms with Crippen molar-refractivity contribution in [3.63, 3.8) is 0 Å². The van der Waals surface area contributed by atoms with Crippen LogP contribution in [0.2, 0.25) is 5.02 Å². The number of carbonyl (C=O) groups is 1. The van der Waals surface area contributed by atoms with E-state index >= 15 is 0 Å². The molecule has 2 N–H and O–H groups in total. The Labute approximate surface area is 116 Å². The number of hydrogen-bond donors (Lipinski definition) is 2. The van der Waals surface area contributed by atoms with Gasteiger partial charge in [0.2, 0.25) is 0 Å². The average Bonchev–Trinajstić information content (AvgIpc) is 3.08. The lowest BCUT2D eigenvalue weighted by Crippen LogP contribution is -2.40. The molecular formula is C13H16ClFN2O2. The zero-order chi connectivity index (χ0) is 14.0. The molecule has 19 heavy (non-hydrogen) atoms. The largest absolute Gasteiger partial charge is 0.395 e. The summed E-state index contributed by atoms with van der Waals surface area (Å²) in [5.41, 5.74) is 0.472. The van der Waals surface area contributed by atoms with E-state index in [4.69, 9.17) is 16.7 Å². The molecule has 1 aromatic rings. The lowest BCUT2D eigenvalue weighted by atomic mass is 10.1. The monoisotopic (exact) mass is 286 g/mol. The molecule has 0 radical (unpaired) electrons. The summed E-state index contributed by atoms with van der Waals surface area (Å²) in [4.78, 5) is 13.1. The van der Waals surface area contributed by atoms with E-state index in [1.165, 1.54) is 11.0 Å². The topological polar surface area (TPSA) is 52.6 Å². The van der Waals surface area contributed by atoms with Crippen LogP contribution in [0.5, 0.6) is 0 Å². The van der Waals surface area contributed by atoms with Crippen molar-refractivity contribution >= 4 is 17.6 Å². The Balaban J connectivity index is 1.96. The molecule has 0 aliphatic heterocycles. The summed E-state index contributed by atoms with van der Waals surface area (Å²) >= 11 is 5.98. The van der Waals surface area contributed by atoms with E-state index in [2.05, 4.69) is 5.32 Å². The van der Waals surface area contributed by atoms with Gasteiger partial charge in [0.1, 0.15) is 5.82 Å². The highest BCUT2D eigenvalue weighted by Gasteiger charge is 2.42. The van der Waals surface area contributed by atoms with Gasteiger partial charge in [-0.3, -0.25) is 0 Å². The third-order valence-electron chi connectivity index (χ3n) is 3.25. The van der Waals surface area contributed by atoms with Gasteiger partial charge in [-0.05, 0) is 18.6 Å². The normalized spacial score (nSPS) is 21.1. The lowest BCUT2D eigenvalue weighted by molar-refractivity contribution is 0.190. The van der Waals surface area contributed by atoms with Crippen molar-refractivity contribution in [1.29, 1.82) is 0 Å². The van der Waals surface area contributed by atoms with Crippen LogP contribution in [-0.2, 0) is 0 Å². The Kier molecular flexibility index (Phi) is 4.27. The first-order valence-corrected chi connectivity index (χ1v) is 6.48. The highest BCUT2D eigenvalue weighted by atomic mass is 35.5. The zero-order valence-electron chi connectivity index (χ0n) is 10.6. The maximum absolute atomic E-state index is 13.7. The van der Waals surface area contributed by atoms with Gasteiger partial charge in [-0.1, -0.05) is 17.7 Å². The molecule has 1 aliphatic carbocycles. The highest BCUT2D eigenvalue weighted by Crippen LogP contribution is 2.44. The average molecular weight is 287 g/mol. The summed E-state index contributed by atoms with van der Waals surface area (Å²) < 4.78 is 13.7. The number of benzene rings is 1. The van der Waals surface area contributed by atoms with Gasteiger partial charge < -0.3 is 15.3 Å². The van der Waals surface area contributed by atoms with Crippen LogP contribution in [0.4, 0.5) is 9.18 Å². The number of rotatable bonds is 4. The molecule has 1 fully saturated rings. The predicted molar refractivity (Wildman–Crippen MR) is 70.8 cm³/mol. The molecular weight excluding hydrogens is 271 g/mol. The van der Waals surface area contributed by atoms with E-state index in [-0.39, 0.29) is 37.0 Å². The highest BCUT2D eigenvalue weighted by molar-refractivity contribution is 6.31. The molecule has 0 aromatic heterocycles. The standard InChI is InChI=1S/C13H16ClFN2O2/c1-17(5-6-18)13(19)16-11-7-8(11)12-9(14)3-2-4-10(12)15/h2-4,8,11,18H,5-7H2,1H3,(H,16,19). The molecule has 6 heteroatoms. The van der Waals surface area contributed by atoms with E-state index in [0.717, 1.165) is 0 Å². The van der Waals surface area contributed by atoms with Crippen molar-refractivity contribution in [1.82, 2.24) is 10.2 Å². The van der Waals surface area contributed by atoms with Gasteiger partial charge in [0.15, 0.2) is 0 Å². The lowest BCUT2D eigenvalue weighted by Gasteiger charge is -2.16. The molecule has 1 saturated carbocycles. The number of nitrogens with one attached hydrogen (secondary N) is 1. The van der Waals surface area contributed by atoms with Crippen molar-refractivity contribution < 1.29 is 14.3 Å². The molecule has 2 rings (SSSR count). The molecule has 0 heterocycles. The first kappa shape index (κ1) is 14.1. The Hall–Kier alpha value is -1.33. The molecule has 2 unspecified atom stereocenters. The van der Waals surface area contributed by atoms with Gasteiger partial charge >= 0.3 is 6.03 Å². The van der Waals surface area contributed by atoms with E-state index in [1.54, 1.807) is 19.2 Å². The van der Waals surface area contributed by atoms with Gasteiger partial charge in [-0.15, -0.1) is 0 Å². The van der Waals surface area contributed by atoms with Crippen LogP contribution in [0.3, 0.4) is 0 Å². The van der Waals surface area contributed by atoms with Crippen LogP contribution >= 0.6 is 11.6 Å². The SMILES string of the molecule is CN(CCO)C(=O)NC1CC1c1c(F)cccc1Cl. The van der Waals surface area contributed by atoms with Crippen molar-refractivity contribution in [2.45, 2.75) is 18.4 Å². The second kappa shape index (κ2) is 5.75. The van der Waals surface area contributed by atoms with E-state index in [1.807, 2.05) is 0 Å². The van der Waals surface area contributed by atoms with Gasteiger partial charge in [0.05, 0.1) is 6.61 Å². The number of halogens is 2. The second-order valence-corrected chi connectivity index (χ2v) is 5.09. The van der Waals surface area contributed by atoms with Crippen LogP contribution in [0, 0.1) is 5.82 Å². The smallest absolute Gasteiger partial charge is 0.317 e. The molecule has 2 amide bonds. The van der Waals surface area contributed by atoms with E-state index in [9.17, 15) is 9.18 Å². The summed E-state index contributed by atoms with van der Waals surface area (Å²) in [6.07, 6.45) is 0.680. The first-order chi connectivity index (χ1) is 9.04. The van der Waals surface area contributed by atoms with Gasteiger partial charge in [0, 0.05) is 36.1 Å². The Morgan fingerprint density at radius 3 is 3.00 bits per heavy atom. The summed E-state index contributed by atoms with van der Waals surface area (Å²) in [7, 11) is 1.60. The minimum atomic E-state index is -0.335. The number of urea groups is 1. The third-order valence-corrected chi connectivity index (χ3v) is 3.58. The molecule has 1 aliphatic rings. The Bertz CT molecular complexity index is 463. The second-order valence-electron chi connectivity index (χ2n) is 4.68. The molecule has 1 aromatic carbocycles. The van der Waals surface area contributed by atoms with Crippen LogP contribution in [0.25, 0.3) is 0 Å². The molecule has 4 nitrogen and oxygen atoms in total. The van der Waals surface area contributed by atoms with Gasteiger partial charge in [-0.2, -0.15) is 0 Å². The number of amides is 2. The van der Waals surface area contributed by atoms with Gasteiger partial charge in [-0.25, -0.2) is 9.18 Å². The quantitative estimate of drug-likeness (QED) is 0.889. The fourth-order valence-electron chi connectivity index (χ4n) is 2.06. The Morgan fingerprint density at radius 2 is 2.37 bits per heavy atom. The maximum atomic E-state index is 13.7. The van der Waals surface area contributed by atoms with E-state index in [0.29, 0.717) is 17.0 Å². The fraction of sp³-hybridized carbons (Fsp3) is 0.462. The number of nitrogens with zero attached hydrogens (tertiary/aromatic N) is 1. The molecule has 104 valence electrons. The summed E-state index contributed by atoms with van der Waals surface area (Å²) in [5.74, 6) is -0.405. The van der Waals surface area contributed by atoms with E-state index < -0.39 is 0 Å². The number of hydrogen-bond acceptors (Lipinski definition) is 2. The molecule has 2 atom stereocenters. The summed E-state index contributed by atoms with van der Waals surface area (Å²) in [5, 5.41) is 11.9. The predicted octanol–water partition coefficient (Wildman–Crippen LogP) is 1.97. The Morgan fingerprint density at radius 1 is 1.63 bits per heavy atom. The van der Waals surface area contributed by atoms with Crippen LogP contribution in [0.15, 0.2) is 18.2 Å². The van der Waals surface area contributed by atoms with Crippen LogP contribution in [0.1, 0.15) is 17.9 Å². The number of aliphatic hydroxyl groups excluding tert-OH is 1. The molecule has 0 bridgehead atoms. The zero-order valence-corrected chi connectivity index (χ0v) is 11.3. The minimum Gasteiger partial charge on any atom is -0.395 e. The summed E-state index contributed by atoms with van der Waals surface area (Å²) in [6, 6.07) is 4.22. The number of likely N-dealkylation sites (N-methyl/N-ethyl adjacent to an activating group) is 1. The molecule has 0 spiro atoms. The number of carbonyl (C=O) groups excluding carboxylic acids is 1. The minimum absolute atomic E-state index is 0.0693. The number of aliphatic hydroxyl groups is 1. The van der Waals surface area contributed by atoms with Gasteiger partial charge in [0.25, 0.3) is 0 Å². The van der Waals surface area contributed by atoms with Crippen molar-refractivity contribution in [2.75, 3.05) is 20.2 Å². The van der Waals surface area contributed by atoms with Crippen LogP contribution in [-0.4, -0.2) is 42.3 Å². The van der Waals surface area contributed by atoms with Crippen molar-refractivity contribution in [3.8, 4) is 0 Å². The third kappa shape index (κ3) is 3.16. The van der Waals surface area contributed by atoms with Crippen molar-refractivity contribution in [3.05, 3.63) is 34.6 Å². The van der Waals surface area contributed by atoms with Crippen molar-refractivity contribution in [2.24, 2.45) is 0 Å². The maximum Gasteiger partial charge on any atom is 0.317 e. The van der Waals surface area contributed by atoms with Crippen LogP contribution < -0.4 is 5.32 Å². The summed E-state index contributed by atoms with van der Waals surface area (Å²) in [6.45, 7) is 0.181. The molecule has 0 saturated heterocycles. The fourth-order valence-corrected chi connectivity index (χ4v) is 2.36.